The van der Waals surface area contributed by atoms with Crippen LogP contribution in [0, 0.1) is 5.82 Å². The molecule has 0 saturated heterocycles. The minimum atomic E-state index is -0.506. The molecule has 0 atom stereocenters. The van der Waals surface area contributed by atoms with Crippen LogP contribution < -0.4 is 10.1 Å². The number of amides is 1. The molecule has 2 heterocycles. The van der Waals surface area contributed by atoms with Gasteiger partial charge in [0.25, 0.3) is 17.6 Å². The van der Waals surface area contributed by atoms with Gasteiger partial charge in [-0.05, 0) is 36.8 Å². The molecule has 0 saturated carbocycles. The first-order valence-electron chi connectivity index (χ1n) is 7.62. The molecule has 1 amide bonds. The lowest BCUT2D eigenvalue weighted by atomic mass is 10.2. The van der Waals surface area contributed by atoms with Crippen LogP contribution in [-0.2, 0) is 6.54 Å². The molecule has 25 heavy (non-hydrogen) atoms. The summed E-state index contributed by atoms with van der Waals surface area (Å²) in [5, 5.41) is 6.31. The van der Waals surface area contributed by atoms with Gasteiger partial charge in [0.05, 0.1) is 6.61 Å². The molecular formula is C17H15FN4O3. The lowest BCUT2D eigenvalue weighted by Gasteiger charge is -2.04. The zero-order valence-electron chi connectivity index (χ0n) is 13.4. The molecule has 7 nitrogen and oxygen atoms in total. The van der Waals surface area contributed by atoms with Gasteiger partial charge in [0.15, 0.2) is 11.4 Å². The molecule has 0 aliphatic carbocycles. The number of carbonyl (C=O) groups is 1. The van der Waals surface area contributed by atoms with Gasteiger partial charge in [-0.3, -0.25) is 4.79 Å². The Hall–Kier alpha value is -3.29. The van der Waals surface area contributed by atoms with E-state index in [1.165, 1.54) is 12.1 Å². The number of nitrogens with zero attached hydrogens (tertiary/aromatic N) is 3. The Morgan fingerprint density at radius 3 is 2.84 bits per heavy atom. The van der Waals surface area contributed by atoms with Crippen molar-refractivity contribution in [3.8, 4) is 17.3 Å². The summed E-state index contributed by atoms with van der Waals surface area (Å²) in [6, 6.07) is 9.26. The quantitative estimate of drug-likeness (QED) is 0.740. The first-order chi connectivity index (χ1) is 12.2. The highest BCUT2D eigenvalue weighted by Crippen LogP contribution is 2.25. The van der Waals surface area contributed by atoms with Crippen LogP contribution in [0.4, 0.5) is 4.39 Å². The highest BCUT2D eigenvalue weighted by atomic mass is 19.1. The summed E-state index contributed by atoms with van der Waals surface area (Å²) in [6.45, 7) is 2.52. The van der Waals surface area contributed by atoms with Crippen molar-refractivity contribution in [2.24, 2.45) is 0 Å². The lowest BCUT2D eigenvalue weighted by molar-refractivity contribution is 0.0937. The Morgan fingerprint density at radius 1 is 1.28 bits per heavy atom. The molecule has 0 aliphatic heterocycles. The van der Waals surface area contributed by atoms with E-state index < -0.39 is 5.91 Å². The molecule has 0 aliphatic rings. The van der Waals surface area contributed by atoms with Crippen molar-refractivity contribution in [3.63, 3.8) is 0 Å². The van der Waals surface area contributed by atoms with Crippen molar-refractivity contribution in [2.75, 3.05) is 6.61 Å². The average molecular weight is 342 g/mol. The highest BCUT2D eigenvalue weighted by molar-refractivity contribution is 5.90. The third kappa shape index (κ3) is 3.97. The summed E-state index contributed by atoms with van der Waals surface area (Å²) in [5.41, 5.74) is 1.12. The van der Waals surface area contributed by atoms with Crippen LogP contribution in [0.2, 0.25) is 0 Å². The molecule has 0 bridgehead atoms. The van der Waals surface area contributed by atoms with Crippen molar-refractivity contribution in [3.05, 3.63) is 59.8 Å². The molecule has 2 aromatic heterocycles. The maximum atomic E-state index is 12.9. The average Bonchev–Trinajstić information content (AvgIpc) is 3.12. The molecule has 3 aromatic rings. The molecule has 128 valence electrons. The van der Waals surface area contributed by atoms with Crippen molar-refractivity contribution in [1.29, 1.82) is 0 Å². The Bertz CT molecular complexity index is 864. The molecular weight excluding hydrogens is 327 g/mol. The number of nitrogens with one attached hydrogen (secondary N) is 1. The lowest BCUT2D eigenvalue weighted by Crippen LogP contribution is -2.23. The minimum Gasteiger partial charge on any atom is -0.491 e. The van der Waals surface area contributed by atoms with Gasteiger partial charge in [-0.2, -0.15) is 4.98 Å². The molecule has 1 aromatic carbocycles. The van der Waals surface area contributed by atoms with Gasteiger partial charge in [-0.15, -0.1) is 0 Å². The van der Waals surface area contributed by atoms with Crippen molar-refractivity contribution in [1.82, 2.24) is 20.4 Å². The number of aromatic nitrogens is 3. The van der Waals surface area contributed by atoms with Gasteiger partial charge >= 0.3 is 0 Å². The second-order valence-corrected chi connectivity index (χ2v) is 5.02. The minimum absolute atomic E-state index is 0.0935. The monoisotopic (exact) mass is 342 g/mol. The number of carbonyl (C=O) groups excluding carboxylic acids is 1. The Morgan fingerprint density at radius 2 is 2.08 bits per heavy atom. The third-order valence-electron chi connectivity index (χ3n) is 3.27. The van der Waals surface area contributed by atoms with Gasteiger partial charge in [0, 0.05) is 12.7 Å². The topological polar surface area (TPSA) is 90.1 Å². The molecule has 0 unspecified atom stereocenters. The standard InChI is InChI=1S/C17H15FN4O3/c1-2-24-13-4-3-9-19-14(13)17-21-15(22-25-17)16(23)20-10-11-5-7-12(18)8-6-11/h3-9H,2,10H2,1H3,(H,20,23). The van der Waals surface area contributed by atoms with Crippen LogP contribution in [0.15, 0.2) is 47.1 Å². The summed E-state index contributed by atoms with van der Waals surface area (Å²) in [4.78, 5) is 20.3. The molecule has 0 radical (unpaired) electrons. The summed E-state index contributed by atoms with van der Waals surface area (Å²) >= 11 is 0. The number of rotatable bonds is 6. The largest absolute Gasteiger partial charge is 0.491 e. The normalized spacial score (nSPS) is 10.5. The molecule has 0 spiro atoms. The maximum Gasteiger partial charge on any atom is 0.292 e. The Kier molecular flexibility index (Phi) is 4.98. The van der Waals surface area contributed by atoms with E-state index in [2.05, 4.69) is 20.4 Å². The van der Waals surface area contributed by atoms with Gasteiger partial charge < -0.3 is 14.6 Å². The van der Waals surface area contributed by atoms with E-state index in [0.29, 0.717) is 18.1 Å². The maximum absolute atomic E-state index is 12.9. The summed E-state index contributed by atoms with van der Waals surface area (Å²) in [7, 11) is 0. The summed E-state index contributed by atoms with van der Waals surface area (Å²) in [6.07, 6.45) is 1.57. The Labute approximate surface area is 142 Å². The fraction of sp³-hybridized carbons (Fsp3) is 0.176. The summed E-state index contributed by atoms with van der Waals surface area (Å²) in [5.74, 6) is -0.375. The van der Waals surface area contributed by atoms with E-state index >= 15 is 0 Å². The van der Waals surface area contributed by atoms with Gasteiger partial charge in [-0.1, -0.05) is 17.3 Å². The first-order valence-corrected chi connectivity index (χ1v) is 7.62. The molecule has 1 N–H and O–H groups in total. The van der Waals surface area contributed by atoms with Crippen molar-refractivity contribution < 1.29 is 18.4 Å². The predicted octanol–water partition coefficient (Wildman–Crippen LogP) is 2.60. The van der Waals surface area contributed by atoms with Gasteiger partial charge in [-0.25, -0.2) is 9.37 Å². The fourth-order valence-electron chi connectivity index (χ4n) is 2.10. The van der Waals surface area contributed by atoms with Crippen LogP contribution in [0.1, 0.15) is 23.1 Å². The van der Waals surface area contributed by atoms with E-state index in [4.69, 9.17) is 9.26 Å². The number of hydrogen-bond acceptors (Lipinski definition) is 6. The number of pyridine rings is 1. The van der Waals surface area contributed by atoms with E-state index in [1.54, 1.807) is 30.5 Å². The smallest absolute Gasteiger partial charge is 0.292 e. The third-order valence-corrected chi connectivity index (χ3v) is 3.27. The van der Waals surface area contributed by atoms with E-state index in [0.717, 1.165) is 5.56 Å². The molecule has 8 heteroatoms. The van der Waals surface area contributed by atoms with Crippen LogP contribution in [0.5, 0.6) is 5.75 Å². The number of hydrogen-bond donors (Lipinski definition) is 1. The Balaban J connectivity index is 1.70. The highest BCUT2D eigenvalue weighted by Gasteiger charge is 2.19. The van der Waals surface area contributed by atoms with Crippen molar-refractivity contribution in [2.45, 2.75) is 13.5 Å². The molecule has 3 rings (SSSR count). The van der Waals surface area contributed by atoms with Gasteiger partial charge in [0.2, 0.25) is 0 Å². The van der Waals surface area contributed by atoms with E-state index in [-0.39, 0.29) is 24.1 Å². The van der Waals surface area contributed by atoms with Crippen LogP contribution in [0.3, 0.4) is 0 Å². The summed E-state index contributed by atoms with van der Waals surface area (Å²) < 4.78 is 23.4. The fourth-order valence-corrected chi connectivity index (χ4v) is 2.10. The zero-order valence-corrected chi connectivity index (χ0v) is 13.4. The number of halogens is 1. The van der Waals surface area contributed by atoms with Crippen molar-refractivity contribution >= 4 is 5.91 Å². The van der Waals surface area contributed by atoms with Gasteiger partial charge in [0.1, 0.15) is 5.82 Å². The number of benzene rings is 1. The first kappa shape index (κ1) is 16.6. The van der Waals surface area contributed by atoms with E-state index in [1.807, 2.05) is 6.92 Å². The van der Waals surface area contributed by atoms with Crippen LogP contribution >= 0.6 is 0 Å². The number of ether oxygens (including phenoxy) is 1. The van der Waals surface area contributed by atoms with Crippen LogP contribution in [-0.4, -0.2) is 27.6 Å². The van der Waals surface area contributed by atoms with E-state index in [9.17, 15) is 9.18 Å². The predicted molar refractivity (Wildman–Crippen MR) is 86.3 cm³/mol. The second-order valence-electron chi connectivity index (χ2n) is 5.02. The van der Waals surface area contributed by atoms with Crippen LogP contribution in [0.25, 0.3) is 11.6 Å². The second kappa shape index (κ2) is 7.52. The SMILES string of the molecule is CCOc1cccnc1-c1nc(C(=O)NCc2ccc(F)cc2)no1. The zero-order chi connectivity index (χ0) is 17.6. The molecule has 0 fully saturated rings.